The van der Waals surface area contributed by atoms with Crippen LogP contribution in [0, 0.1) is 0 Å². The summed E-state index contributed by atoms with van der Waals surface area (Å²) in [5.74, 6) is 1.25. The second-order valence-corrected chi connectivity index (χ2v) is 4.80. The maximum absolute atomic E-state index is 11.8. The molecule has 7 nitrogen and oxygen atoms in total. The third kappa shape index (κ3) is 4.06. The van der Waals surface area contributed by atoms with Crippen molar-refractivity contribution in [3.8, 4) is 0 Å². The number of piperidine rings is 1. The van der Waals surface area contributed by atoms with Crippen LogP contribution < -0.4 is 20.9 Å². The molecule has 0 radical (unpaired) electrons. The lowest BCUT2D eigenvalue weighted by molar-refractivity contribution is 0.245. The van der Waals surface area contributed by atoms with E-state index in [1.54, 1.807) is 6.07 Å². The SMILES string of the molecule is CN(C)c1cc(NC(=O)NC2CCCNC2)ncn1. The number of nitrogens with one attached hydrogen (secondary N) is 3. The van der Waals surface area contributed by atoms with Crippen LogP contribution in [0.1, 0.15) is 12.8 Å². The molecule has 0 aliphatic carbocycles. The molecule has 2 rings (SSSR count). The number of carbonyl (C=O) groups is 1. The van der Waals surface area contributed by atoms with E-state index in [9.17, 15) is 4.79 Å². The molecule has 1 unspecified atom stereocenters. The molecule has 1 atom stereocenters. The maximum atomic E-state index is 11.8. The van der Waals surface area contributed by atoms with Gasteiger partial charge in [-0.25, -0.2) is 14.8 Å². The molecule has 1 aromatic heterocycles. The van der Waals surface area contributed by atoms with Crippen LogP contribution in [0.3, 0.4) is 0 Å². The zero-order valence-corrected chi connectivity index (χ0v) is 11.3. The summed E-state index contributed by atoms with van der Waals surface area (Å²) in [6.45, 7) is 1.85. The zero-order valence-electron chi connectivity index (χ0n) is 11.3. The molecule has 1 saturated heterocycles. The minimum Gasteiger partial charge on any atom is -0.363 e. The van der Waals surface area contributed by atoms with Crippen LogP contribution in [-0.4, -0.2) is 49.2 Å². The lowest BCUT2D eigenvalue weighted by Crippen LogP contribution is -2.47. The largest absolute Gasteiger partial charge is 0.363 e. The van der Waals surface area contributed by atoms with E-state index in [-0.39, 0.29) is 12.1 Å². The van der Waals surface area contributed by atoms with E-state index in [0.717, 1.165) is 31.7 Å². The number of hydrogen-bond donors (Lipinski definition) is 3. The number of amides is 2. The van der Waals surface area contributed by atoms with Gasteiger partial charge in [0.05, 0.1) is 0 Å². The molecule has 0 spiro atoms. The van der Waals surface area contributed by atoms with Gasteiger partial charge in [-0.05, 0) is 19.4 Å². The Morgan fingerprint density at radius 1 is 1.47 bits per heavy atom. The molecule has 19 heavy (non-hydrogen) atoms. The molecule has 2 heterocycles. The number of aromatic nitrogens is 2. The van der Waals surface area contributed by atoms with Crippen LogP contribution in [0.25, 0.3) is 0 Å². The Morgan fingerprint density at radius 2 is 2.32 bits per heavy atom. The molecule has 1 aliphatic rings. The second kappa shape index (κ2) is 6.33. The van der Waals surface area contributed by atoms with Gasteiger partial charge in [0.25, 0.3) is 0 Å². The molecule has 0 bridgehead atoms. The van der Waals surface area contributed by atoms with E-state index in [4.69, 9.17) is 0 Å². The fourth-order valence-corrected chi connectivity index (χ4v) is 1.97. The van der Waals surface area contributed by atoms with Gasteiger partial charge >= 0.3 is 6.03 Å². The van der Waals surface area contributed by atoms with Crippen LogP contribution in [0.4, 0.5) is 16.4 Å². The Labute approximate surface area is 112 Å². The molecule has 104 valence electrons. The molecular formula is C12H20N6O. The van der Waals surface area contributed by atoms with Crippen molar-refractivity contribution in [2.24, 2.45) is 0 Å². The number of urea groups is 1. The van der Waals surface area contributed by atoms with Gasteiger partial charge in [0, 0.05) is 32.7 Å². The highest BCUT2D eigenvalue weighted by atomic mass is 16.2. The normalized spacial score (nSPS) is 18.7. The predicted octanol–water partition coefficient (Wildman–Crippen LogP) is 0.416. The van der Waals surface area contributed by atoms with Crippen LogP contribution >= 0.6 is 0 Å². The summed E-state index contributed by atoms with van der Waals surface area (Å²) in [4.78, 5) is 21.8. The third-order valence-electron chi connectivity index (χ3n) is 2.98. The van der Waals surface area contributed by atoms with E-state index in [0.29, 0.717) is 5.82 Å². The van der Waals surface area contributed by atoms with Gasteiger partial charge in [0.2, 0.25) is 0 Å². The fraction of sp³-hybridized carbons (Fsp3) is 0.583. The summed E-state index contributed by atoms with van der Waals surface area (Å²) in [6, 6.07) is 1.69. The van der Waals surface area contributed by atoms with Gasteiger partial charge in [-0.15, -0.1) is 0 Å². The van der Waals surface area contributed by atoms with Crippen molar-refractivity contribution in [1.82, 2.24) is 20.6 Å². The van der Waals surface area contributed by atoms with Crippen LogP contribution in [0.15, 0.2) is 12.4 Å². The van der Waals surface area contributed by atoms with Gasteiger partial charge in [0.1, 0.15) is 18.0 Å². The summed E-state index contributed by atoms with van der Waals surface area (Å²) >= 11 is 0. The standard InChI is InChI=1S/C12H20N6O/c1-18(2)11-6-10(14-8-15-11)17-12(19)16-9-4-3-5-13-7-9/h6,8-9,13H,3-5,7H2,1-2H3,(H2,14,15,16,17,19). The van der Waals surface area contributed by atoms with Crippen molar-refractivity contribution >= 4 is 17.7 Å². The first-order chi connectivity index (χ1) is 9.15. The highest BCUT2D eigenvalue weighted by Gasteiger charge is 2.15. The van der Waals surface area contributed by atoms with Crippen molar-refractivity contribution in [2.45, 2.75) is 18.9 Å². The molecule has 3 N–H and O–H groups in total. The Kier molecular flexibility index (Phi) is 4.51. The summed E-state index contributed by atoms with van der Waals surface area (Å²) in [5.41, 5.74) is 0. The number of rotatable bonds is 3. The first-order valence-electron chi connectivity index (χ1n) is 6.43. The Balaban J connectivity index is 1.89. The topological polar surface area (TPSA) is 82.2 Å². The summed E-state index contributed by atoms with van der Waals surface area (Å²) < 4.78 is 0. The quantitative estimate of drug-likeness (QED) is 0.737. The van der Waals surface area contributed by atoms with Gasteiger partial charge in [-0.1, -0.05) is 0 Å². The van der Waals surface area contributed by atoms with Crippen LogP contribution in [0.5, 0.6) is 0 Å². The Morgan fingerprint density at radius 3 is 3.00 bits per heavy atom. The van der Waals surface area contributed by atoms with Crippen molar-refractivity contribution in [3.05, 3.63) is 12.4 Å². The van der Waals surface area contributed by atoms with Gasteiger partial charge < -0.3 is 15.5 Å². The Hall–Kier alpha value is -1.89. The molecule has 1 fully saturated rings. The first kappa shape index (κ1) is 13.5. The highest BCUT2D eigenvalue weighted by molar-refractivity contribution is 5.88. The van der Waals surface area contributed by atoms with Crippen molar-refractivity contribution < 1.29 is 4.79 Å². The Bertz CT molecular complexity index is 430. The lowest BCUT2D eigenvalue weighted by atomic mass is 10.1. The van der Waals surface area contributed by atoms with E-state index in [1.165, 1.54) is 6.33 Å². The van der Waals surface area contributed by atoms with E-state index in [1.807, 2.05) is 19.0 Å². The minimum atomic E-state index is -0.225. The number of anilines is 2. The number of carbonyl (C=O) groups excluding carboxylic acids is 1. The maximum Gasteiger partial charge on any atom is 0.320 e. The molecule has 2 amide bonds. The molecule has 1 aromatic rings. The number of hydrogen-bond acceptors (Lipinski definition) is 5. The van der Waals surface area contributed by atoms with E-state index in [2.05, 4.69) is 25.9 Å². The summed E-state index contributed by atoms with van der Waals surface area (Å²) in [5, 5.41) is 8.91. The zero-order chi connectivity index (χ0) is 13.7. The molecule has 7 heteroatoms. The highest BCUT2D eigenvalue weighted by Crippen LogP contribution is 2.11. The summed E-state index contributed by atoms with van der Waals surface area (Å²) in [6.07, 6.45) is 3.53. The molecular weight excluding hydrogens is 244 g/mol. The summed E-state index contributed by atoms with van der Waals surface area (Å²) in [7, 11) is 3.78. The third-order valence-corrected chi connectivity index (χ3v) is 2.98. The van der Waals surface area contributed by atoms with Gasteiger partial charge in [0.15, 0.2) is 0 Å². The number of nitrogens with zero attached hydrogens (tertiary/aromatic N) is 3. The average molecular weight is 264 g/mol. The monoisotopic (exact) mass is 264 g/mol. The van der Waals surface area contributed by atoms with E-state index >= 15 is 0 Å². The average Bonchev–Trinajstić information content (AvgIpc) is 2.40. The van der Waals surface area contributed by atoms with Crippen molar-refractivity contribution in [3.63, 3.8) is 0 Å². The van der Waals surface area contributed by atoms with Crippen molar-refractivity contribution in [1.29, 1.82) is 0 Å². The smallest absolute Gasteiger partial charge is 0.320 e. The van der Waals surface area contributed by atoms with E-state index < -0.39 is 0 Å². The lowest BCUT2D eigenvalue weighted by Gasteiger charge is -2.23. The van der Waals surface area contributed by atoms with Gasteiger partial charge in [-0.2, -0.15) is 0 Å². The molecule has 0 aromatic carbocycles. The molecule has 1 aliphatic heterocycles. The fourth-order valence-electron chi connectivity index (χ4n) is 1.97. The van der Waals surface area contributed by atoms with Gasteiger partial charge in [-0.3, -0.25) is 5.32 Å². The second-order valence-electron chi connectivity index (χ2n) is 4.80. The van der Waals surface area contributed by atoms with Crippen LogP contribution in [0.2, 0.25) is 0 Å². The minimum absolute atomic E-state index is 0.184. The first-order valence-corrected chi connectivity index (χ1v) is 6.43. The molecule has 0 saturated carbocycles. The predicted molar refractivity (Wildman–Crippen MR) is 74.4 cm³/mol. The van der Waals surface area contributed by atoms with Crippen LogP contribution in [-0.2, 0) is 0 Å². The van der Waals surface area contributed by atoms with Crippen molar-refractivity contribution in [2.75, 3.05) is 37.4 Å².